The summed E-state index contributed by atoms with van der Waals surface area (Å²) in [5.74, 6) is 0.800. The number of morpholine rings is 1. The molecule has 5 nitrogen and oxygen atoms in total. The molecule has 2 aromatic rings. The van der Waals surface area contributed by atoms with Crippen molar-refractivity contribution in [1.29, 1.82) is 0 Å². The number of nitrogens with one attached hydrogen (secondary N) is 1. The van der Waals surface area contributed by atoms with Gasteiger partial charge in [0.2, 0.25) is 0 Å². The molecule has 0 saturated carbocycles. The van der Waals surface area contributed by atoms with E-state index in [0.29, 0.717) is 17.3 Å². The van der Waals surface area contributed by atoms with E-state index in [9.17, 15) is 4.79 Å². The highest BCUT2D eigenvalue weighted by atomic mass is 32.2. The first-order valence-electron chi connectivity index (χ1n) is 8.18. The zero-order chi connectivity index (χ0) is 16.9. The van der Waals surface area contributed by atoms with E-state index in [2.05, 4.69) is 46.9 Å². The summed E-state index contributed by atoms with van der Waals surface area (Å²) in [6.45, 7) is 8.02. The molecule has 3 rings (SSSR count). The van der Waals surface area contributed by atoms with Crippen LogP contribution in [0.15, 0.2) is 34.3 Å². The van der Waals surface area contributed by atoms with Crippen molar-refractivity contribution in [2.75, 3.05) is 26.3 Å². The molecule has 1 fully saturated rings. The van der Waals surface area contributed by atoms with Crippen molar-refractivity contribution in [1.82, 2.24) is 14.9 Å². The Kier molecular flexibility index (Phi) is 5.71. The molecule has 1 N–H and O–H groups in total. The molecule has 6 heteroatoms. The van der Waals surface area contributed by atoms with Gasteiger partial charge in [0.15, 0.2) is 5.16 Å². The fraction of sp³-hybridized carbons (Fsp3) is 0.444. The van der Waals surface area contributed by atoms with Crippen LogP contribution in [0, 0.1) is 13.8 Å². The summed E-state index contributed by atoms with van der Waals surface area (Å²) in [6, 6.07) is 6.50. The van der Waals surface area contributed by atoms with Crippen LogP contribution < -0.4 is 5.56 Å². The van der Waals surface area contributed by atoms with Crippen molar-refractivity contribution in [3.8, 4) is 0 Å². The lowest BCUT2D eigenvalue weighted by molar-refractivity contribution is 0.0339. The predicted molar refractivity (Wildman–Crippen MR) is 96.4 cm³/mol. The SMILES string of the molecule is Cc1cc(C)cc(CSc2ncc(CN3CCOCC3)c(=O)[nH]2)c1. The molecule has 0 radical (unpaired) electrons. The second-order valence-electron chi connectivity index (χ2n) is 6.22. The number of hydrogen-bond donors (Lipinski definition) is 1. The number of aromatic amines is 1. The fourth-order valence-corrected chi connectivity index (χ4v) is 3.66. The minimum absolute atomic E-state index is 0.0422. The topological polar surface area (TPSA) is 58.2 Å². The van der Waals surface area contributed by atoms with Crippen LogP contribution in [0.2, 0.25) is 0 Å². The summed E-state index contributed by atoms with van der Waals surface area (Å²) < 4.78 is 5.33. The highest BCUT2D eigenvalue weighted by Gasteiger charge is 2.13. The van der Waals surface area contributed by atoms with E-state index in [4.69, 9.17) is 4.74 Å². The van der Waals surface area contributed by atoms with Crippen LogP contribution in [0.1, 0.15) is 22.3 Å². The number of nitrogens with zero attached hydrogens (tertiary/aromatic N) is 2. The molecule has 128 valence electrons. The lowest BCUT2D eigenvalue weighted by Crippen LogP contribution is -2.37. The predicted octanol–water partition coefficient (Wildman–Crippen LogP) is 2.51. The van der Waals surface area contributed by atoms with Gasteiger partial charge in [-0.2, -0.15) is 0 Å². The van der Waals surface area contributed by atoms with Crippen molar-refractivity contribution in [3.63, 3.8) is 0 Å². The third-order valence-corrected chi connectivity index (χ3v) is 4.96. The van der Waals surface area contributed by atoms with Gasteiger partial charge in [-0.25, -0.2) is 4.98 Å². The van der Waals surface area contributed by atoms with Crippen LogP contribution in [-0.2, 0) is 17.0 Å². The van der Waals surface area contributed by atoms with E-state index in [1.54, 1.807) is 18.0 Å². The average Bonchev–Trinajstić information content (AvgIpc) is 2.55. The van der Waals surface area contributed by atoms with Gasteiger partial charge in [-0.05, 0) is 19.4 Å². The van der Waals surface area contributed by atoms with Crippen LogP contribution in [-0.4, -0.2) is 41.2 Å². The Morgan fingerprint density at radius 3 is 2.58 bits per heavy atom. The number of aryl methyl sites for hydroxylation is 2. The number of benzene rings is 1. The molecule has 0 atom stereocenters. The zero-order valence-electron chi connectivity index (χ0n) is 14.2. The summed E-state index contributed by atoms with van der Waals surface area (Å²) in [7, 11) is 0. The number of ether oxygens (including phenoxy) is 1. The fourth-order valence-electron chi connectivity index (χ4n) is 2.90. The molecule has 0 bridgehead atoms. The molecule has 2 heterocycles. The third kappa shape index (κ3) is 4.69. The second kappa shape index (κ2) is 7.96. The number of hydrogen-bond acceptors (Lipinski definition) is 5. The summed E-state index contributed by atoms with van der Waals surface area (Å²) in [5.41, 5.74) is 4.44. The Balaban J connectivity index is 1.62. The van der Waals surface area contributed by atoms with E-state index in [1.807, 2.05) is 0 Å². The number of rotatable bonds is 5. The Morgan fingerprint density at radius 1 is 1.21 bits per heavy atom. The minimum Gasteiger partial charge on any atom is -0.379 e. The van der Waals surface area contributed by atoms with Crippen LogP contribution in [0.5, 0.6) is 0 Å². The van der Waals surface area contributed by atoms with Crippen molar-refractivity contribution in [2.24, 2.45) is 0 Å². The zero-order valence-corrected chi connectivity index (χ0v) is 15.0. The molecular formula is C18H23N3O2S. The van der Waals surface area contributed by atoms with Gasteiger partial charge in [0.1, 0.15) is 0 Å². The highest BCUT2D eigenvalue weighted by Crippen LogP contribution is 2.20. The maximum absolute atomic E-state index is 12.3. The van der Waals surface area contributed by atoms with Crippen molar-refractivity contribution in [3.05, 3.63) is 57.0 Å². The standard InChI is InChI=1S/C18H23N3O2S/c1-13-7-14(2)9-15(8-13)12-24-18-19-10-16(17(22)20-18)11-21-3-5-23-6-4-21/h7-10H,3-6,11-12H2,1-2H3,(H,19,20,22). The monoisotopic (exact) mass is 345 g/mol. The molecular weight excluding hydrogens is 322 g/mol. The minimum atomic E-state index is -0.0422. The van der Waals surface area contributed by atoms with Gasteiger partial charge < -0.3 is 9.72 Å². The van der Waals surface area contributed by atoms with Crippen molar-refractivity contribution in [2.45, 2.75) is 31.3 Å². The van der Waals surface area contributed by atoms with E-state index in [1.165, 1.54) is 16.7 Å². The van der Waals surface area contributed by atoms with Gasteiger partial charge in [0.05, 0.1) is 13.2 Å². The lowest BCUT2D eigenvalue weighted by Gasteiger charge is -2.26. The van der Waals surface area contributed by atoms with E-state index in [0.717, 1.165) is 32.1 Å². The maximum Gasteiger partial charge on any atom is 0.256 e. The molecule has 0 unspecified atom stereocenters. The first kappa shape index (κ1) is 17.2. The maximum atomic E-state index is 12.3. The largest absolute Gasteiger partial charge is 0.379 e. The first-order chi connectivity index (χ1) is 11.6. The number of thioether (sulfide) groups is 1. The van der Waals surface area contributed by atoms with Crippen molar-refractivity contribution < 1.29 is 4.74 Å². The number of aromatic nitrogens is 2. The Hall–Kier alpha value is -1.63. The Morgan fingerprint density at radius 2 is 1.92 bits per heavy atom. The molecule has 1 aromatic carbocycles. The van der Waals surface area contributed by atoms with Gasteiger partial charge in [0, 0.05) is 37.1 Å². The van der Waals surface area contributed by atoms with Gasteiger partial charge in [-0.3, -0.25) is 9.69 Å². The van der Waals surface area contributed by atoms with E-state index in [-0.39, 0.29) is 5.56 Å². The van der Waals surface area contributed by atoms with Gasteiger partial charge >= 0.3 is 0 Å². The normalized spacial score (nSPS) is 15.6. The van der Waals surface area contributed by atoms with Crippen LogP contribution in [0.3, 0.4) is 0 Å². The molecule has 1 saturated heterocycles. The van der Waals surface area contributed by atoms with Gasteiger partial charge in [-0.15, -0.1) is 0 Å². The number of H-pyrrole nitrogens is 1. The van der Waals surface area contributed by atoms with E-state index >= 15 is 0 Å². The summed E-state index contributed by atoms with van der Waals surface area (Å²) in [6.07, 6.45) is 1.71. The van der Waals surface area contributed by atoms with E-state index < -0.39 is 0 Å². The summed E-state index contributed by atoms with van der Waals surface area (Å²) >= 11 is 1.56. The van der Waals surface area contributed by atoms with Gasteiger partial charge in [0.25, 0.3) is 5.56 Å². The molecule has 0 spiro atoms. The molecule has 0 amide bonds. The highest BCUT2D eigenvalue weighted by molar-refractivity contribution is 7.98. The summed E-state index contributed by atoms with van der Waals surface area (Å²) in [5, 5.41) is 0.671. The third-order valence-electron chi connectivity index (χ3n) is 4.00. The molecule has 1 aliphatic heterocycles. The molecule has 1 aromatic heterocycles. The molecule has 24 heavy (non-hydrogen) atoms. The molecule has 0 aliphatic carbocycles. The molecule has 1 aliphatic rings. The van der Waals surface area contributed by atoms with Crippen molar-refractivity contribution >= 4 is 11.8 Å². The second-order valence-corrected chi connectivity index (χ2v) is 7.18. The Labute approximate surface area is 146 Å². The average molecular weight is 345 g/mol. The Bertz CT molecular complexity index is 734. The smallest absolute Gasteiger partial charge is 0.256 e. The van der Waals surface area contributed by atoms with Gasteiger partial charge in [-0.1, -0.05) is 41.1 Å². The van der Waals surface area contributed by atoms with Crippen LogP contribution in [0.4, 0.5) is 0 Å². The summed E-state index contributed by atoms with van der Waals surface area (Å²) in [4.78, 5) is 21.8. The first-order valence-corrected chi connectivity index (χ1v) is 9.17. The quantitative estimate of drug-likeness (QED) is 0.666. The lowest BCUT2D eigenvalue weighted by atomic mass is 10.1. The van der Waals surface area contributed by atoms with Crippen LogP contribution in [0.25, 0.3) is 0 Å². The van der Waals surface area contributed by atoms with Crippen LogP contribution >= 0.6 is 11.8 Å².